The number of piperidine rings is 1. The molecule has 3 aliphatic carbocycles. The van der Waals surface area contributed by atoms with Crippen LogP contribution < -0.4 is 5.32 Å². The highest BCUT2D eigenvalue weighted by Gasteiger charge is 2.60. The first-order valence-electron chi connectivity index (χ1n) is 14.0. The summed E-state index contributed by atoms with van der Waals surface area (Å²) in [6.45, 7) is 5.78. The molecule has 1 unspecified atom stereocenters. The standard InChI is InChI=1S/C33H39NO2/c1-32-18-16-28-26(21-34-31-19-24(35)15-17-33(28,31)2)27(32)13-14-29(32)30(36)20-25(22-9-5-3-6-10-22)23-11-7-4-8-12-23/h3-12,19,25-29,34H,13-18,20-21H2,1-2H3/t26-,27-,28+,29?,32-,33+/m0/s1. The Labute approximate surface area is 215 Å². The minimum atomic E-state index is 0.0833. The van der Waals surface area contributed by atoms with E-state index in [1.807, 2.05) is 6.08 Å². The Hall–Kier alpha value is -2.68. The maximum absolute atomic E-state index is 14.1. The lowest BCUT2D eigenvalue weighted by Crippen LogP contribution is -2.57. The summed E-state index contributed by atoms with van der Waals surface area (Å²) in [6, 6.07) is 21.1. The Bertz CT molecular complexity index is 1130. The predicted octanol–water partition coefficient (Wildman–Crippen LogP) is 6.69. The van der Waals surface area contributed by atoms with Crippen molar-refractivity contribution in [1.29, 1.82) is 0 Å². The molecule has 36 heavy (non-hydrogen) atoms. The van der Waals surface area contributed by atoms with E-state index in [0.29, 0.717) is 36.4 Å². The van der Waals surface area contributed by atoms with E-state index in [0.717, 1.165) is 32.2 Å². The predicted molar refractivity (Wildman–Crippen MR) is 143 cm³/mol. The van der Waals surface area contributed by atoms with Gasteiger partial charge in [-0.05, 0) is 66.4 Å². The molecule has 1 heterocycles. The van der Waals surface area contributed by atoms with Crippen molar-refractivity contribution in [2.75, 3.05) is 6.54 Å². The molecule has 0 aromatic heterocycles. The number of carbonyl (C=O) groups is 2. The van der Waals surface area contributed by atoms with Crippen LogP contribution in [0.3, 0.4) is 0 Å². The fourth-order valence-corrected chi connectivity index (χ4v) is 8.82. The Morgan fingerprint density at radius 1 is 0.917 bits per heavy atom. The van der Waals surface area contributed by atoms with Crippen LogP contribution in [0.5, 0.6) is 0 Å². The van der Waals surface area contributed by atoms with E-state index in [-0.39, 0.29) is 28.4 Å². The normalized spacial score (nSPS) is 35.3. The SMILES string of the molecule is C[C@]12CCC(=O)C=C1NC[C@@H]1[C@H]2CC[C@]2(C)C(C(=O)CC(c3ccccc3)c3ccccc3)CC[C@@H]12. The summed E-state index contributed by atoms with van der Waals surface area (Å²) >= 11 is 0. The molecule has 6 atom stereocenters. The van der Waals surface area contributed by atoms with Gasteiger partial charge in [0.05, 0.1) is 0 Å². The quantitative estimate of drug-likeness (QED) is 0.517. The number of nitrogens with one attached hydrogen (secondary N) is 1. The van der Waals surface area contributed by atoms with Gasteiger partial charge in [0, 0.05) is 48.4 Å². The second-order valence-corrected chi connectivity index (χ2v) is 12.4. The topological polar surface area (TPSA) is 46.2 Å². The summed E-state index contributed by atoms with van der Waals surface area (Å²) in [5, 5.41) is 3.70. The van der Waals surface area contributed by atoms with E-state index < -0.39 is 0 Å². The lowest BCUT2D eigenvalue weighted by Gasteiger charge is -2.58. The molecule has 1 saturated heterocycles. The Morgan fingerprint density at radius 2 is 1.58 bits per heavy atom. The maximum atomic E-state index is 14.1. The van der Waals surface area contributed by atoms with Gasteiger partial charge in [0.15, 0.2) is 5.78 Å². The molecule has 3 fully saturated rings. The number of hydrogen-bond acceptors (Lipinski definition) is 3. The molecule has 1 N–H and O–H groups in total. The maximum Gasteiger partial charge on any atom is 0.157 e. The molecule has 2 saturated carbocycles. The van der Waals surface area contributed by atoms with Crippen LogP contribution in [-0.4, -0.2) is 18.1 Å². The minimum absolute atomic E-state index is 0.0833. The van der Waals surface area contributed by atoms with Gasteiger partial charge in [0.2, 0.25) is 0 Å². The summed E-state index contributed by atoms with van der Waals surface area (Å²) in [6.07, 6.45) is 8.60. The fraction of sp³-hybridized carbons (Fsp3) is 0.515. The molecule has 0 amide bonds. The van der Waals surface area contributed by atoms with Crippen LogP contribution >= 0.6 is 0 Å². The lowest BCUT2D eigenvalue weighted by molar-refractivity contribution is -0.130. The molecule has 0 radical (unpaired) electrons. The number of ketones is 2. The van der Waals surface area contributed by atoms with Crippen LogP contribution in [-0.2, 0) is 9.59 Å². The Morgan fingerprint density at radius 3 is 2.25 bits per heavy atom. The van der Waals surface area contributed by atoms with E-state index >= 15 is 0 Å². The third kappa shape index (κ3) is 3.78. The summed E-state index contributed by atoms with van der Waals surface area (Å²) in [5.74, 6) is 2.78. The van der Waals surface area contributed by atoms with Gasteiger partial charge in [-0.1, -0.05) is 74.5 Å². The van der Waals surface area contributed by atoms with E-state index in [9.17, 15) is 9.59 Å². The molecule has 0 bridgehead atoms. The molecule has 2 aromatic carbocycles. The summed E-state index contributed by atoms with van der Waals surface area (Å²) in [7, 11) is 0. The zero-order valence-electron chi connectivity index (χ0n) is 21.7. The highest BCUT2D eigenvalue weighted by Crippen LogP contribution is 2.64. The second kappa shape index (κ2) is 9.01. The molecule has 1 aliphatic heterocycles. The lowest BCUT2D eigenvalue weighted by atomic mass is 9.49. The molecule has 4 aliphatic rings. The minimum Gasteiger partial charge on any atom is -0.387 e. The van der Waals surface area contributed by atoms with Gasteiger partial charge in [-0.15, -0.1) is 0 Å². The first kappa shape index (κ1) is 23.7. The van der Waals surface area contributed by atoms with E-state index in [1.54, 1.807) is 0 Å². The molecule has 3 nitrogen and oxygen atoms in total. The largest absolute Gasteiger partial charge is 0.387 e. The van der Waals surface area contributed by atoms with Gasteiger partial charge < -0.3 is 5.32 Å². The van der Waals surface area contributed by atoms with Gasteiger partial charge in [0.25, 0.3) is 0 Å². The summed E-state index contributed by atoms with van der Waals surface area (Å²) < 4.78 is 0. The van der Waals surface area contributed by atoms with E-state index in [2.05, 4.69) is 79.8 Å². The second-order valence-electron chi connectivity index (χ2n) is 12.4. The zero-order valence-corrected chi connectivity index (χ0v) is 21.7. The number of rotatable bonds is 5. The van der Waals surface area contributed by atoms with Crippen molar-refractivity contribution in [2.24, 2.45) is 34.5 Å². The number of benzene rings is 2. The van der Waals surface area contributed by atoms with Gasteiger partial charge in [-0.2, -0.15) is 0 Å². The zero-order chi connectivity index (χ0) is 24.9. The van der Waals surface area contributed by atoms with E-state index in [4.69, 9.17) is 0 Å². The fourth-order valence-electron chi connectivity index (χ4n) is 8.82. The van der Waals surface area contributed by atoms with Crippen LogP contribution in [0, 0.1) is 34.5 Å². The van der Waals surface area contributed by atoms with Gasteiger partial charge in [-0.3, -0.25) is 9.59 Å². The number of carbonyl (C=O) groups excluding carboxylic acids is 2. The highest BCUT2D eigenvalue weighted by molar-refractivity contribution is 5.91. The third-order valence-corrected chi connectivity index (χ3v) is 10.8. The van der Waals surface area contributed by atoms with Crippen LogP contribution in [0.1, 0.15) is 75.8 Å². The smallest absolute Gasteiger partial charge is 0.157 e. The van der Waals surface area contributed by atoms with Crippen molar-refractivity contribution in [3.05, 3.63) is 83.6 Å². The highest BCUT2D eigenvalue weighted by atomic mass is 16.1. The first-order valence-corrected chi connectivity index (χ1v) is 14.0. The summed E-state index contributed by atoms with van der Waals surface area (Å²) in [4.78, 5) is 26.2. The Kier molecular flexibility index (Phi) is 5.93. The van der Waals surface area contributed by atoms with Crippen molar-refractivity contribution in [2.45, 2.75) is 64.7 Å². The van der Waals surface area contributed by atoms with Crippen molar-refractivity contribution >= 4 is 11.6 Å². The van der Waals surface area contributed by atoms with Crippen molar-refractivity contribution in [1.82, 2.24) is 5.32 Å². The molecule has 0 spiro atoms. The van der Waals surface area contributed by atoms with Gasteiger partial charge >= 0.3 is 0 Å². The van der Waals surface area contributed by atoms with Crippen LogP contribution in [0.2, 0.25) is 0 Å². The number of allylic oxidation sites excluding steroid dienone is 2. The monoisotopic (exact) mass is 481 g/mol. The first-order chi connectivity index (χ1) is 17.4. The average Bonchev–Trinajstić information content (AvgIpc) is 3.26. The van der Waals surface area contributed by atoms with Gasteiger partial charge in [-0.25, -0.2) is 0 Å². The molecule has 2 aromatic rings. The third-order valence-electron chi connectivity index (χ3n) is 10.8. The summed E-state index contributed by atoms with van der Waals surface area (Å²) in [5.41, 5.74) is 3.82. The molecule has 6 rings (SSSR count). The van der Waals surface area contributed by atoms with Crippen molar-refractivity contribution in [3.63, 3.8) is 0 Å². The van der Waals surface area contributed by atoms with E-state index in [1.165, 1.54) is 23.2 Å². The van der Waals surface area contributed by atoms with Gasteiger partial charge in [0.1, 0.15) is 5.78 Å². The van der Waals surface area contributed by atoms with Crippen LogP contribution in [0.25, 0.3) is 0 Å². The molecule has 3 heteroatoms. The van der Waals surface area contributed by atoms with Crippen molar-refractivity contribution in [3.8, 4) is 0 Å². The number of hydrogen-bond donors (Lipinski definition) is 1. The van der Waals surface area contributed by atoms with Crippen LogP contribution in [0.4, 0.5) is 0 Å². The van der Waals surface area contributed by atoms with Crippen molar-refractivity contribution < 1.29 is 9.59 Å². The molecule has 188 valence electrons. The number of Topliss-reactive ketones (excluding diaryl/α,β-unsaturated/α-hetero) is 1. The van der Waals surface area contributed by atoms with Crippen LogP contribution in [0.15, 0.2) is 72.4 Å². The average molecular weight is 482 g/mol. The molecular formula is C33H39NO2. The molecular weight excluding hydrogens is 442 g/mol. The Balaban J connectivity index is 1.24. The number of fused-ring (bicyclic) bond motifs is 5.